The molecule has 2 amide bonds. The number of carbonyl (C=O) groups is 3. The molecule has 1 saturated heterocycles. The molecule has 3 N–H and O–H groups in total. The Morgan fingerprint density at radius 2 is 2.03 bits per heavy atom. The summed E-state index contributed by atoms with van der Waals surface area (Å²) < 4.78 is 1.47. The first-order valence-electron chi connectivity index (χ1n) is 10.3. The molecule has 36 heavy (non-hydrogen) atoms. The van der Waals surface area contributed by atoms with Crippen molar-refractivity contribution in [3.05, 3.63) is 41.7 Å². The maximum atomic E-state index is 12.6. The van der Waals surface area contributed by atoms with Crippen LogP contribution in [0.3, 0.4) is 0 Å². The third-order valence-electron chi connectivity index (χ3n) is 5.36. The molecular weight excluding hydrogens is 519 g/mol. The molecule has 4 heterocycles. The summed E-state index contributed by atoms with van der Waals surface area (Å²) in [5.74, 6) is -1.94. The zero-order valence-corrected chi connectivity index (χ0v) is 22.7. The molecule has 0 bridgehead atoms. The first-order chi connectivity index (χ1) is 16.7. The SMILES string of the molecule is Cc1cc(SCC(=O)NC2C(=O)N3C(C(=O)[O-])=CCSC23)n2nc(-c3ccc(O)c(O)c3)nc2n1.[Na+]. The number of carboxylic acid groups (broad SMARTS) is 1. The van der Waals surface area contributed by atoms with Crippen molar-refractivity contribution in [1.82, 2.24) is 29.8 Å². The molecular formula is C21H17N6NaO6S2. The average molecular weight is 537 g/mol. The number of rotatable bonds is 6. The second-order valence-corrected chi connectivity index (χ2v) is 9.87. The van der Waals surface area contributed by atoms with Crippen molar-refractivity contribution in [3.8, 4) is 22.9 Å². The van der Waals surface area contributed by atoms with Crippen LogP contribution in [0.2, 0.25) is 0 Å². The molecule has 0 radical (unpaired) electrons. The van der Waals surface area contributed by atoms with Crippen LogP contribution in [-0.4, -0.2) is 75.4 Å². The van der Waals surface area contributed by atoms with Gasteiger partial charge >= 0.3 is 29.6 Å². The number of phenols is 2. The number of aromatic hydroxyl groups is 2. The molecule has 2 atom stereocenters. The van der Waals surface area contributed by atoms with Crippen molar-refractivity contribution in [2.24, 2.45) is 0 Å². The van der Waals surface area contributed by atoms with Crippen LogP contribution in [0.4, 0.5) is 0 Å². The van der Waals surface area contributed by atoms with Crippen molar-refractivity contribution in [3.63, 3.8) is 0 Å². The van der Waals surface area contributed by atoms with Gasteiger partial charge in [-0.05, 0) is 37.3 Å². The van der Waals surface area contributed by atoms with Crippen molar-refractivity contribution in [1.29, 1.82) is 0 Å². The topological polar surface area (TPSA) is 173 Å². The van der Waals surface area contributed by atoms with Gasteiger partial charge in [0.15, 0.2) is 17.3 Å². The molecule has 2 unspecified atom stereocenters. The molecule has 0 spiro atoms. The summed E-state index contributed by atoms with van der Waals surface area (Å²) in [4.78, 5) is 46.1. The monoisotopic (exact) mass is 536 g/mol. The third kappa shape index (κ3) is 4.78. The Hall–Kier alpha value is -2.78. The Labute approximate surface area is 234 Å². The largest absolute Gasteiger partial charge is 1.00 e. The van der Waals surface area contributed by atoms with Gasteiger partial charge in [-0.2, -0.15) is 9.50 Å². The van der Waals surface area contributed by atoms with Gasteiger partial charge in [0.05, 0.1) is 17.4 Å². The van der Waals surface area contributed by atoms with Gasteiger partial charge in [-0.15, -0.1) is 16.9 Å². The number of fused-ring (bicyclic) bond motifs is 2. The molecule has 0 aliphatic carbocycles. The van der Waals surface area contributed by atoms with Crippen LogP contribution in [0.1, 0.15) is 5.69 Å². The van der Waals surface area contributed by atoms with E-state index in [9.17, 15) is 29.7 Å². The number of benzene rings is 1. The Bertz CT molecular complexity index is 1430. The predicted octanol–water partition coefficient (Wildman–Crippen LogP) is -3.36. The first-order valence-corrected chi connectivity index (χ1v) is 12.3. The summed E-state index contributed by atoms with van der Waals surface area (Å²) in [6.07, 6.45) is 1.42. The number of amides is 2. The van der Waals surface area contributed by atoms with Crippen LogP contribution in [0.5, 0.6) is 11.5 Å². The molecule has 12 nitrogen and oxygen atoms in total. The van der Waals surface area contributed by atoms with Crippen molar-refractivity contribution in [2.75, 3.05) is 11.5 Å². The van der Waals surface area contributed by atoms with Crippen LogP contribution in [0.15, 0.2) is 41.1 Å². The van der Waals surface area contributed by atoms with Crippen LogP contribution in [-0.2, 0) is 14.4 Å². The van der Waals surface area contributed by atoms with Gasteiger partial charge in [0.2, 0.25) is 5.91 Å². The maximum absolute atomic E-state index is 12.6. The first kappa shape index (κ1) is 26.3. The normalized spacial score (nSPS) is 18.6. The van der Waals surface area contributed by atoms with E-state index >= 15 is 0 Å². The molecule has 15 heteroatoms. The molecule has 1 fully saturated rings. The van der Waals surface area contributed by atoms with Crippen molar-refractivity contribution < 1.29 is 59.3 Å². The van der Waals surface area contributed by atoms with Gasteiger partial charge in [-0.1, -0.05) is 11.8 Å². The van der Waals surface area contributed by atoms with E-state index in [1.54, 1.807) is 19.1 Å². The zero-order chi connectivity index (χ0) is 24.9. The Morgan fingerprint density at radius 1 is 1.25 bits per heavy atom. The predicted molar refractivity (Wildman–Crippen MR) is 123 cm³/mol. The number of phenolic OH excluding ortho intramolecular Hbond substituents is 2. The van der Waals surface area contributed by atoms with Gasteiger partial charge in [0, 0.05) is 17.0 Å². The fraction of sp³-hybridized carbons (Fsp3) is 0.238. The minimum atomic E-state index is -1.42. The Balaban J connectivity index is 0.00000304. The van der Waals surface area contributed by atoms with E-state index in [1.807, 2.05) is 0 Å². The third-order valence-corrected chi connectivity index (χ3v) is 7.54. The number of hydrogen-bond acceptors (Lipinski definition) is 11. The number of aromatic nitrogens is 4. The average Bonchev–Trinajstić information content (AvgIpc) is 3.26. The van der Waals surface area contributed by atoms with E-state index in [0.29, 0.717) is 27.8 Å². The molecule has 2 aliphatic heterocycles. The van der Waals surface area contributed by atoms with Crippen molar-refractivity contribution in [2.45, 2.75) is 23.4 Å². The van der Waals surface area contributed by atoms with Crippen LogP contribution < -0.4 is 40.0 Å². The Morgan fingerprint density at radius 3 is 2.75 bits per heavy atom. The van der Waals surface area contributed by atoms with Gasteiger partial charge < -0.3 is 25.4 Å². The number of nitrogens with zero attached hydrogens (tertiary/aromatic N) is 5. The van der Waals surface area contributed by atoms with E-state index in [4.69, 9.17) is 0 Å². The fourth-order valence-corrected chi connectivity index (χ4v) is 5.78. The van der Waals surface area contributed by atoms with E-state index in [1.165, 1.54) is 46.2 Å². The quantitative estimate of drug-likeness (QED) is 0.0944. The summed E-state index contributed by atoms with van der Waals surface area (Å²) in [7, 11) is 0. The summed E-state index contributed by atoms with van der Waals surface area (Å²) in [6.45, 7) is 1.77. The minimum Gasteiger partial charge on any atom is -0.543 e. The van der Waals surface area contributed by atoms with E-state index in [2.05, 4.69) is 20.4 Å². The van der Waals surface area contributed by atoms with Gasteiger partial charge in [0.1, 0.15) is 16.4 Å². The number of β-lactam (4-membered cyclic amide) rings is 1. The molecule has 1 aromatic carbocycles. The maximum Gasteiger partial charge on any atom is 1.00 e. The Kier molecular flexibility index (Phi) is 7.52. The molecule has 2 aromatic heterocycles. The fourth-order valence-electron chi connectivity index (χ4n) is 3.73. The van der Waals surface area contributed by atoms with Gasteiger partial charge in [-0.3, -0.25) is 14.5 Å². The number of aryl methyl sites for hydroxylation is 1. The minimum absolute atomic E-state index is 0. The molecule has 5 rings (SSSR count). The molecule has 180 valence electrons. The van der Waals surface area contributed by atoms with E-state index in [0.717, 1.165) is 4.90 Å². The molecule has 2 aliphatic rings. The number of nitrogens with one attached hydrogen (secondary N) is 1. The van der Waals surface area contributed by atoms with E-state index in [-0.39, 0.29) is 58.3 Å². The standard InChI is InChI=1S/C21H18N6O6S2.Na/c1-9-6-15(27-21(22-9)24-17(25-27)10-2-3-12(28)13(29)7-10)35-8-14(30)23-16-18(31)26-11(20(32)33)4-5-34-19(16)26;/h2-4,6-7,16,19,28-29H,5,8H2,1H3,(H,23,30)(H,32,33);/q;+1/p-1. The van der Waals surface area contributed by atoms with E-state index < -0.39 is 29.2 Å². The summed E-state index contributed by atoms with van der Waals surface area (Å²) in [5, 5.41) is 37.7. The number of carbonyl (C=O) groups excluding carboxylic acids is 3. The summed E-state index contributed by atoms with van der Waals surface area (Å²) in [6, 6.07) is 5.15. The van der Waals surface area contributed by atoms with Crippen LogP contribution >= 0.6 is 23.5 Å². The number of aliphatic carboxylic acids is 1. The summed E-state index contributed by atoms with van der Waals surface area (Å²) >= 11 is 2.53. The zero-order valence-electron chi connectivity index (χ0n) is 19.0. The van der Waals surface area contributed by atoms with Crippen LogP contribution in [0, 0.1) is 6.92 Å². The second-order valence-electron chi connectivity index (χ2n) is 7.73. The molecule has 0 saturated carbocycles. The number of hydrogen-bond donors (Lipinski definition) is 3. The van der Waals surface area contributed by atoms with Gasteiger partial charge in [-0.25, -0.2) is 4.98 Å². The second kappa shape index (κ2) is 10.3. The van der Waals surface area contributed by atoms with Crippen molar-refractivity contribution >= 4 is 47.1 Å². The van der Waals surface area contributed by atoms with Crippen LogP contribution in [0.25, 0.3) is 17.2 Å². The summed E-state index contributed by atoms with van der Waals surface area (Å²) in [5.41, 5.74) is 0.954. The smallest absolute Gasteiger partial charge is 0.543 e. The number of carboxylic acids is 1. The molecule has 3 aromatic rings. The van der Waals surface area contributed by atoms with Gasteiger partial charge in [0.25, 0.3) is 11.7 Å². The number of thioether (sulfide) groups is 2.